The van der Waals surface area contributed by atoms with Crippen LogP contribution >= 0.6 is 0 Å². The molecule has 0 bridgehead atoms. The van der Waals surface area contributed by atoms with E-state index in [-0.39, 0.29) is 12.2 Å². The molecular weight excluding hydrogens is 242 g/mol. The lowest BCUT2D eigenvalue weighted by Gasteiger charge is -2.22. The molecule has 3 rings (SSSR count). The van der Waals surface area contributed by atoms with Gasteiger partial charge in [0.2, 0.25) is 0 Å². The average Bonchev–Trinajstić information content (AvgIpc) is 2.97. The molecular formula is C14H19N3O2. The van der Waals surface area contributed by atoms with Gasteiger partial charge >= 0.3 is 6.09 Å². The second kappa shape index (κ2) is 5.09. The van der Waals surface area contributed by atoms with Gasteiger partial charge in [0.05, 0.1) is 13.1 Å². The van der Waals surface area contributed by atoms with Crippen molar-refractivity contribution in [2.75, 3.05) is 31.1 Å². The highest BCUT2D eigenvalue weighted by Gasteiger charge is 2.31. The Morgan fingerprint density at radius 3 is 3.00 bits per heavy atom. The summed E-state index contributed by atoms with van der Waals surface area (Å²) in [5.74, 6) is 0.492. The first-order valence-electron chi connectivity index (χ1n) is 6.76. The van der Waals surface area contributed by atoms with Gasteiger partial charge in [-0.3, -0.25) is 0 Å². The number of nitrogens with one attached hydrogen (secondary N) is 1. The zero-order valence-electron chi connectivity index (χ0n) is 10.8. The average molecular weight is 261 g/mol. The minimum absolute atomic E-state index is 0.0582. The second-order valence-electron chi connectivity index (χ2n) is 5.15. The van der Waals surface area contributed by atoms with Crippen LogP contribution in [0.3, 0.4) is 0 Å². The number of nitrogens with zero attached hydrogens (tertiary/aromatic N) is 1. The van der Waals surface area contributed by atoms with Crippen LogP contribution < -0.4 is 16.0 Å². The predicted molar refractivity (Wildman–Crippen MR) is 73.3 cm³/mol. The lowest BCUT2D eigenvalue weighted by Crippen LogP contribution is -2.33. The Balaban J connectivity index is 1.74. The molecule has 1 aromatic carbocycles. The standard InChI is InChI=1S/C14H19N3O2/c15-6-5-10-8-17(9-11-7-16-14(18)19-11)13-4-2-1-3-12(10)13/h1-4,10-11H,5-9,15H2,(H,16,18). The van der Waals surface area contributed by atoms with E-state index in [0.29, 0.717) is 19.0 Å². The van der Waals surface area contributed by atoms with Gasteiger partial charge < -0.3 is 20.7 Å². The Labute approximate surface area is 112 Å². The first-order chi connectivity index (χ1) is 9.28. The fraction of sp³-hybridized carbons (Fsp3) is 0.500. The topological polar surface area (TPSA) is 67.6 Å². The van der Waals surface area contributed by atoms with E-state index in [1.165, 1.54) is 11.3 Å². The zero-order chi connectivity index (χ0) is 13.2. The van der Waals surface area contributed by atoms with Gasteiger partial charge in [-0.25, -0.2) is 4.79 Å². The van der Waals surface area contributed by atoms with E-state index in [1.54, 1.807) is 0 Å². The predicted octanol–water partition coefficient (Wildman–Crippen LogP) is 1.05. The van der Waals surface area contributed by atoms with Crippen molar-refractivity contribution in [2.24, 2.45) is 5.73 Å². The third kappa shape index (κ3) is 2.38. The van der Waals surface area contributed by atoms with Gasteiger partial charge in [-0.1, -0.05) is 18.2 Å². The van der Waals surface area contributed by atoms with E-state index in [1.807, 2.05) is 0 Å². The molecule has 2 unspecified atom stereocenters. The SMILES string of the molecule is NCCC1CN(CC2CNC(=O)O2)c2ccccc21. The number of carbonyl (C=O) groups is 1. The zero-order valence-corrected chi connectivity index (χ0v) is 10.8. The van der Waals surface area contributed by atoms with E-state index in [4.69, 9.17) is 10.5 Å². The van der Waals surface area contributed by atoms with Crippen LogP contribution in [0.25, 0.3) is 0 Å². The molecule has 2 heterocycles. The molecule has 102 valence electrons. The van der Waals surface area contributed by atoms with Gasteiger partial charge in [0.25, 0.3) is 0 Å². The first-order valence-corrected chi connectivity index (χ1v) is 6.76. The number of benzene rings is 1. The molecule has 0 aliphatic carbocycles. The molecule has 2 atom stereocenters. The molecule has 1 saturated heterocycles. The summed E-state index contributed by atoms with van der Waals surface area (Å²) in [7, 11) is 0. The molecule has 3 N–H and O–H groups in total. The number of alkyl carbamates (subject to hydrolysis) is 1. The lowest BCUT2D eigenvalue weighted by molar-refractivity contribution is 0.143. The third-order valence-electron chi connectivity index (χ3n) is 3.84. The van der Waals surface area contributed by atoms with E-state index >= 15 is 0 Å². The van der Waals surface area contributed by atoms with Crippen molar-refractivity contribution in [3.8, 4) is 0 Å². The number of amides is 1. The van der Waals surface area contributed by atoms with Crippen molar-refractivity contribution in [3.63, 3.8) is 0 Å². The molecule has 2 aliphatic rings. The summed E-state index contributed by atoms with van der Waals surface area (Å²) in [5, 5.41) is 2.70. The highest BCUT2D eigenvalue weighted by Crippen LogP contribution is 2.37. The third-order valence-corrected chi connectivity index (χ3v) is 3.84. The molecule has 19 heavy (non-hydrogen) atoms. The number of carbonyl (C=O) groups excluding carboxylic acids is 1. The fourth-order valence-corrected chi connectivity index (χ4v) is 2.98. The van der Waals surface area contributed by atoms with Gasteiger partial charge in [0, 0.05) is 18.2 Å². The number of anilines is 1. The molecule has 0 saturated carbocycles. The Hall–Kier alpha value is -1.75. The van der Waals surface area contributed by atoms with Crippen molar-refractivity contribution in [1.29, 1.82) is 0 Å². The number of cyclic esters (lactones) is 1. The number of hydrogen-bond donors (Lipinski definition) is 2. The smallest absolute Gasteiger partial charge is 0.407 e. The monoisotopic (exact) mass is 261 g/mol. The molecule has 0 aromatic heterocycles. The van der Waals surface area contributed by atoms with Gasteiger partial charge in [-0.2, -0.15) is 0 Å². The van der Waals surface area contributed by atoms with Crippen molar-refractivity contribution >= 4 is 11.8 Å². The molecule has 5 heteroatoms. The van der Waals surface area contributed by atoms with Gasteiger partial charge in [0.1, 0.15) is 6.10 Å². The lowest BCUT2D eigenvalue weighted by atomic mass is 9.98. The molecule has 1 aromatic rings. The summed E-state index contributed by atoms with van der Waals surface area (Å²) < 4.78 is 5.22. The van der Waals surface area contributed by atoms with Gasteiger partial charge in [0.15, 0.2) is 0 Å². The van der Waals surface area contributed by atoms with Crippen LogP contribution in [0, 0.1) is 0 Å². The maximum Gasteiger partial charge on any atom is 0.407 e. The second-order valence-corrected chi connectivity index (χ2v) is 5.15. The van der Waals surface area contributed by atoms with Crippen molar-refractivity contribution < 1.29 is 9.53 Å². The van der Waals surface area contributed by atoms with Crippen LogP contribution in [0.5, 0.6) is 0 Å². The molecule has 5 nitrogen and oxygen atoms in total. The van der Waals surface area contributed by atoms with Crippen LogP contribution in [0.2, 0.25) is 0 Å². The molecule has 0 spiro atoms. The number of fused-ring (bicyclic) bond motifs is 1. The quantitative estimate of drug-likeness (QED) is 0.850. The fourth-order valence-electron chi connectivity index (χ4n) is 2.98. The molecule has 1 amide bonds. The van der Waals surface area contributed by atoms with Crippen molar-refractivity contribution in [1.82, 2.24) is 5.32 Å². The van der Waals surface area contributed by atoms with Gasteiger partial charge in [-0.05, 0) is 24.6 Å². The highest BCUT2D eigenvalue weighted by molar-refractivity contribution is 5.69. The first kappa shape index (κ1) is 12.3. The summed E-state index contributed by atoms with van der Waals surface area (Å²) in [6.45, 7) is 3.01. The summed E-state index contributed by atoms with van der Waals surface area (Å²) >= 11 is 0. The van der Waals surface area contributed by atoms with Crippen LogP contribution in [0.15, 0.2) is 24.3 Å². The summed E-state index contributed by atoms with van der Waals surface area (Å²) in [6, 6.07) is 8.43. The summed E-state index contributed by atoms with van der Waals surface area (Å²) in [6.07, 6.45) is 0.629. The molecule has 0 radical (unpaired) electrons. The van der Waals surface area contributed by atoms with Crippen LogP contribution in [0.1, 0.15) is 17.9 Å². The van der Waals surface area contributed by atoms with Crippen molar-refractivity contribution in [2.45, 2.75) is 18.4 Å². The Morgan fingerprint density at radius 1 is 1.42 bits per heavy atom. The Kier molecular flexibility index (Phi) is 3.29. The van der Waals surface area contributed by atoms with Gasteiger partial charge in [-0.15, -0.1) is 0 Å². The normalized spacial score (nSPS) is 25.1. The van der Waals surface area contributed by atoms with E-state index in [9.17, 15) is 4.79 Å². The number of rotatable bonds is 4. The van der Waals surface area contributed by atoms with Crippen molar-refractivity contribution in [3.05, 3.63) is 29.8 Å². The molecule has 1 fully saturated rings. The van der Waals surface area contributed by atoms with E-state index in [2.05, 4.69) is 34.5 Å². The summed E-state index contributed by atoms with van der Waals surface area (Å²) in [5.41, 5.74) is 8.31. The Morgan fingerprint density at radius 2 is 2.26 bits per heavy atom. The number of ether oxygens (including phenoxy) is 1. The minimum Gasteiger partial charge on any atom is -0.442 e. The van der Waals surface area contributed by atoms with E-state index < -0.39 is 0 Å². The van der Waals surface area contributed by atoms with Crippen LogP contribution in [0.4, 0.5) is 10.5 Å². The number of para-hydroxylation sites is 1. The maximum absolute atomic E-state index is 11.1. The maximum atomic E-state index is 11.1. The van der Waals surface area contributed by atoms with Crippen LogP contribution in [-0.4, -0.2) is 38.4 Å². The van der Waals surface area contributed by atoms with E-state index in [0.717, 1.165) is 19.5 Å². The number of hydrogen-bond acceptors (Lipinski definition) is 4. The Bertz CT molecular complexity index is 478. The summed E-state index contributed by atoms with van der Waals surface area (Å²) in [4.78, 5) is 13.4. The minimum atomic E-state index is -0.309. The largest absolute Gasteiger partial charge is 0.442 e. The highest BCUT2D eigenvalue weighted by atomic mass is 16.6. The number of nitrogens with two attached hydrogens (primary N) is 1. The van der Waals surface area contributed by atoms with Crippen LogP contribution in [-0.2, 0) is 4.74 Å². The molecule has 2 aliphatic heterocycles.